The molecule has 0 aliphatic rings. The Morgan fingerprint density at radius 1 is 1.23 bits per heavy atom. The van der Waals surface area contributed by atoms with Gasteiger partial charge in [0.05, 0.1) is 22.2 Å². The minimum absolute atomic E-state index is 0.0428. The topological polar surface area (TPSA) is 116 Å². The molecule has 1 N–H and O–H groups in total. The van der Waals surface area contributed by atoms with Crippen LogP contribution in [0.5, 0.6) is 5.75 Å². The van der Waals surface area contributed by atoms with Gasteiger partial charge in [0.2, 0.25) is 5.91 Å². The molecule has 30 heavy (non-hydrogen) atoms. The maximum atomic E-state index is 12.5. The molecular formula is C19H16F2N4O5. The molecule has 0 fully saturated rings. The van der Waals surface area contributed by atoms with E-state index in [2.05, 4.69) is 15.0 Å². The normalized spacial score (nSPS) is 10.9. The second kappa shape index (κ2) is 9.07. The number of aromatic nitrogens is 2. The van der Waals surface area contributed by atoms with Gasteiger partial charge in [0.1, 0.15) is 12.3 Å². The molecule has 1 heterocycles. The summed E-state index contributed by atoms with van der Waals surface area (Å²) in [5.41, 5.74) is 0.289. The molecule has 0 spiro atoms. The number of nitro groups is 1. The first-order valence-electron chi connectivity index (χ1n) is 8.77. The van der Waals surface area contributed by atoms with E-state index < -0.39 is 23.0 Å². The van der Waals surface area contributed by atoms with Crippen LogP contribution < -0.4 is 15.6 Å². The standard InChI is InChI=1S/C19H16F2N4O5/c20-19(21)30-14-4-1-12(2-5-14)7-8-22-17(26)10-24-11-23-16-6-3-13(25(28)29)9-15(16)18(24)27/h1-6,9,11,19H,7-8,10H2,(H,22,26). The van der Waals surface area contributed by atoms with Gasteiger partial charge in [-0.1, -0.05) is 12.1 Å². The number of nitro benzene ring substituents is 1. The van der Waals surface area contributed by atoms with Crippen LogP contribution in [0.4, 0.5) is 14.5 Å². The van der Waals surface area contributed by atoms with E-state index >= 15 is 0 Å². The molecule has 0 atom stereocenters. The van der Waals surface area contributed by atoms with Gasteiger partial charge in [-0.3, -0.25) is 24.3 Å². The molecule has 0 saturated carbocycles. The molecule has 1 aromatic heterocycles. The van der Waals surface area contributed by atoms with Crippen molar-refractivity contribution in [1.29, 1.82) is 0 Å². The van der Waals surface area contributed by atoms with Gasteiger partial charge in [0, 0.05) is 18.7 Å². The number of carbonyl (C=O) groups is 1. The fraction of sp³-hybridized carbons (Fsp3) is 0.211. The van der Waals surface area contributed by atoms with Crippen molar-refractivity contribution in [2.75, 3.05) is 6.54 Å². The number of halogens is 2. The summed E-state index contributed by atoms with van der Waals surface area (Å²) in [7, 11) is 0. The number of benzene rings is 2. The molecule has 156 valence electrons. The lowest BCUT2D eigenvalue weighted by Crippen LogP contribution is -2.33. The molecule has 0 unspecified atom stereocenters. The van der Waals surface area contributed by atoms with Crippen LogP contribution in [0.25, 0.3) is 10.9 Å². The van der Waals surface area contributed by atoms with Crippen LogP contribution in [0.3, 0.4) is 0 Å². The van der Waals surface area contributed by atoms with Gasteiger partial charge >= 0.3 is 6.61 Å². The van der Waals surface area contributed by atoms with Crippen molar-refractivity contribution < 1.29 is 23.2 Å². The summed E-state index contributed by atoms with van der Waals surface area (Å²) in [5, 5.41) is 13.6. The average molecular weight is 418 g/mol. The summed E-state index contributed by atoms with van der Waals surface area (Å²) in [4.78, 5) is 39.0. The van der Waals surface area contributed by atoms with E-state index in [9.17, 15) is 28.5 Å². The summed E-state index contributed by atoms with van der Waals surface area (Å²) in [6, 6.07) is 9.77. The van der Waals surface area contributed by atoms with Crippen molar-refractivity contribution in [2.45, 2.75) is 19.6 Å². The third-order valence-corrected chi connectivity index (χ3v) is 4.22. The first-order valence-corrected chi connectivity index (χ1v) is 8.77. The number of hydrogen-bond acceptors (Lipinski definition) is 6. The maximum absolute atomic E-state index is 12.5. The summed E-state index contributed by atoms with van der Waals surface area (Å²) < 4.78 is 29.6. The van der Waals surface area contributed by atoms with E-state index in [0.29, 0.717) is 11.9 Å². The Morgan fingerprint density at radius 2 is 1.97 bits per heavy atom. The monoisotopic (exact) mass is 418 g/mol. The van der Waals surface area contributed by atoms with Gasteiger partial charge in [-0.2, -0.15) is 8.78 Å². The first-order chi connectivity index (χ1) is 14.3. The number of amides is 1. The van der Waals surface area contributed by atoms with Crippen LogP contribution in [0.2, 0.25) is 0 Å². The number of alkyl halides is 2. The summed E-state index contributed by atoms with van der Waals surface area (Å²) in [5.74, 6) is -0.400. The molecular weight excluding hydrogens is 402 g/mol. The van der Waals surface area contributed by atoms with Crippen molar-refractivity contribution in [1.82, 2.24) is 14.9 Å². The first kappa shape index (κ1) is 20.8. The molecule has 3 rings (SSSR count). The van der Waals surface area contributed by atoms with E-state index in [1.807, 2.05) is 0 Å². The Labute approximate surface area is 168 Å². The summed E-state index contributed by atoms with van der Waals surface area (Å²) >= 11 is 0. The molecule has 0 aliphatic heterocycles. The highest BCUT2D eigenvalue weighted by molar-refractivity contribution is 5.80. The Morgan fingerprint density at radius 3 is 2.63 bits per heavy atom. The number of ether oxygens (including phenoxy) is 1. The van der Waals surface area contributed by atoms with Gasteiger partial charge in [0.25, 0.3) is 11.2 Å². The molecule has 0 saturated heterocycles. The van der Waals surface area contributed by atoms with E-state index in [0.717, 1.165) is 16.2 Å². The number of non-ortho nitro benzene ring substituents is 1. The third-order valence-electron chi connectivity index (χ3n) is 4.22. The van der Waals surface area contributed by atoms with Crippen LogP contribution in [0.1, 0.15) is 5.56 Å². The van der Waals surface area contributed by atoms with E-state index in [4.69, 9.17) is 0 Å². The minimum Gasteiger partial charge on any atom is -0.435 e. The highest BCUT2D eigenvalue weighted by Gasteiger charge is 2.12. The molecule has 9 nitrogen and oxygen atoms in total. The van der Waals surface area contributed by atoms with Gasteiger partial charge < -0.3 is 10.1 Å². The Kier molecular flexibility index (Phi) is 6.30. The van der Waals surface area contributed by atoms with Crippen LogP contribution in [0.15, 0.2) is 53.6 Å². The Hall–Kier alpha value is -3.89. The van der Waals surface area contributed by atoms with Crippen molar-refractivity contribution in [2.24, 2.45) is 0 Å². The number of nitrogens with one attached hydrogen (secondary N) is 1. The number of rotatable bonds is 8. The molecule has 1 amide bonds. The van der Waals surface area contributed by atoms with Crippen LogP contribution >= 0.6 is 0 Å². The van der Waals surface area contributed by atoms with Crippen LogP contribution in [-0.2, 0) is 17.8 Å². The highest BCUT2D eigenvalue weighted by Crippen LogP contribution is 2.16. The van der Waals surface area contributed by atoms with Crippen molar-refractivity contribution in [3.63, 3.8) is 0 Å². The van der Waals surface area contributed by atoms with Crippen LogP contribution in [-0.4, -0.2) is 33.5 Å². The van der Waals surface area contributed by atoms with E-state index in [1.165, 1.54) is 30.6 Å². The van der Waals surface area contributed by atoms with Crippen molar-refractivity contribution in [3.05, 3.63) is 74.8 Å². The zero-order valence-corrected chi connectivity index (χ0v) is 15.5. The summed E-state index contributed by atoms with van der Waals surface area (Å²) in [6.45, 7) is -2.94. The van der Waals surface area contributed by atoms with E-state index in [1.54, 1.807) is 12.1 Å². The van der Waals surface area contributed by atoms with Gasteiger partial charge in [-0.05, 0) is 30.2 Å². The largest absolute Gasteiger partial charge is 0.435 e. The van der Waals surface area contributed by atoms with Crippen molar-refractivity contribution in [3.8, 4) is 5.75 Å². The lowest BCUT2D eigenvalue weighted by molar-refractivity contribution is -0.384. The molecule has 0 aliphatic carbocycles. The molecule has 3 aromatic rings. The minimum atomic E-state index is -2.89. The molecule has 11 heteroatoms. The Balaban J connectivity index is 1.59. The fourth-order valence-corrected chi connectivity index (χ4v) is 2.77. The highest BCUT2D eigenvalue weighted by atomic mass is 19.3. The third kappa shape index (κ3) is 5.13. The number of hydrogen-bond donors (Lipinski definition) is 1. The quantitative estimate of drug-likeness (QED) is 0.443. The Bertz CT molecular complexity index is 1130. The molecule has 0 radical (unpaired) electrons. The van der Waals surface area contributed by atoms with Gasteiger partial charge in [-0.25, -0.2) is 4.98 Å². The predicted octanol–water partition coefficient (Wildman–Crippen LogP) is 2.26. The average Bonchev–Trinajstić information content (AvgIpc) is 2.71. The number of fused-ring (bicyclic) bond motifs is 1. The van der Waals surface area contributed by atoms with Gasteiger partial charge in [0.15, 0.2) is 0 Å². The number of nitrogens with zero attached hydrogens (tertiary/aromatic N) is 3. The lowest BCUT2D eigenvalue weighted by Gasteiger charge is -2.09. The SMILES string of the molecule is O=C(Cn1cnc2ccc([N+](=O)[O-])cc2c1=O)NCCc1ccc(OC(F)F)cc1. The predicted molar refractivity (Wildman–Crippen MR) is 102 cm³/mol. The zero-order chi connectivity index (χ0) is 21.7. The second-order valence-electron chi connectivity index (χ2n) is 6.26. The summed E-state index contributed by atoms with van der Waals surface area (Å²) in [6.07, 6.45) is 1.65. The van der Waals surface area contributed by atoms with Crippen molar-refractivity contribution >= 4 is 22.5 Å². The van der Waals surface area contributed by atoms with E-state index in [-0.39, 0.29) is 29.9 Å². The van der Waals surface area contributed by atoms with Crippen LogP contribution in [0, 0.1) is 10.1 Å². The zero-order valence-electron chi connectivity index (χ0n) is 15.5. The lowest BCUT2D eigenvalue weighted by atomic mass is 10.1. The molecule has 2 aromatic carbocycles. The smallest absolute Gasteiger partial charge is 0.387 e. The maximum Gasteiger partial charge on any atom is 0.387 e. The van der Waals surface area contributed by atoms with Gasteiger partial charge in [-0.15, -0.1) is 0 Å². The number of carbonyl (C=O) groups excluding carboxylic acids is 1. The molecule has 0 bridgehead atoms. The fourth-order valence-electron chi connectivity index (χ4n) is 2.77. The second-order valence-corrected chi connectivity index (χ2v) is 6.26.